The van der Waals surface area contributed by atoms with Crippen LogP contribution in [0.5, 0.6) is 0 Å². The smallest absolute Gasteiger partial charge is 0.378 e. The minimum atomic E-state index is -4.58. The quantitative estimate of drug-likeness (QED) is 0.335. The number of carbonyl (C=O) groups excluding carboxylic acids is 2. The highest BCUT2D eigenvalue weighted by atomic mass is 19.4. The molecule has 2 aliphatic heterocycles. The number of nitrogen functional groups attached to an aromatic ring is 1. The summed E-state index contributed by atoms with van der Waals surface area (Å²) in [6.07, 6.45) is 2.18. The first-order valence-electron chi connectivity index (χ1n) is 15.0. The molecule has 1 aromatic carbocycles. The Balaban J connectivity index is 1.24. The number of allylic oxidation sites excluding steroid dienone is 1. The average molecular weight is 636 g/mol. The number of anilines is 3. The second-order valence-electron chi connectivity index (χ2n) is 11.5. The number of rotatable bonds is 8. The van der Waals surface area contributed by atoms with Crippen LogP contribution >= 0.6 is 0 Å². The van der Waals surface area contributed by atoms with E-state index in [1.54, 1.807) is 41.6 Å². The second kappa shape index (κ2) is 14.1. The van der Waals surface area contributed by atoms with Gasteiger partial charge in [0.15, 0.2) is 0 Å². The third kappa shape index (κ3) is 8.27. The molecule has 2 amide bonds. The molecule has 1 fully saturated rings. The minimum absolute atomic E-state index is 0.0507. The number of halogens is 3. The Bertz CT molecular complexity index is 1610. The van der Waals surface area contributed by atoms with Gasteiger partial charge in [0.1, 0.15) is 5.82 Å². The summed E-state index contributed by atoms with van der Waals surface area (Å²) in [7, 11) is 0. The standard InChI is InChI=1S/C33H36F3N7O3/c1-21(2)27(33(34,35)36)18-30(44)40-26-5-3-22(4-6-26)15-31(45)43-9-7-23(8-10-43)24-16-28(25-19-38-32(37)39-20-25)41-29(17-24)42-11-13-46-14-12-42/h3-7,16-21H,8-15H2,1-2H3,(H,40,44)(H2,37,38,39)/b27-18+. The van der Waals surface area contributed by atoms with E-state index in [4.69, 9.17) is 15.5 Å². The zero-order valence-corrected chi connectivity index (χ0v) is 25.7. The van der Waals surface area contributed by atoms with Crippen LogP contribution in [0, 0.1) is 5.92 Å². The third-order valence-electron chi connectivity index (χ3n) is 7.86. The number of carbonyl (C=O) groups is 2. The molecule has 5 rings (SSSR count). The molecule has 0 atom stereocenters. The highest BCUT2D eigenvalue weighted by Crippen LogP contribution is 2.32. The van der Waals surface area contributed by atoms with Gasteiger partial charge in [0.2, 0.25) is 17.8 Å². The predicted molar refractivity (Wildman–Crippen MR) is 170 cm³/mol. The van der Waals surface area contributed by atoms with Gasteiger partial charge in [-0.25, -0.2) is 15.0 Å². The lowest BCUT2D eigenvalue weighted by molar-refractivity contribution is -0.130. The summed E-state index contributed by atoms with van der Waals surface area (Å²) in [6.45, 7) is 6.47. The van der Waals surface area contributed by atoms with Crippen LogP contribution in [0.3, 0.4) is 0 Å². The van der Waals surface area contributed by atoms with Crippen molar-refractivity contribution in [1.82, 2.24) is 19.9 Å². The molecule has 0 aliphatic carbocycles. The number of ether oxygens (including phenoxy) is 1. The van der Waals surface area contributed by atoms with E-state index in [-0.39, 0.29) is 18.3 Å². The van der Waals surface area contributed by atoms with Gasteiger partial charge in [-0.2, -0.15) is 13.2 Å². The van der Waals surface area contributed by atoms with E-state index in [1.807, 2.05) is 6.07 Å². The van der Waals surface area contributed by atoms with Crippen molar-refractivity contribution in [3.05, 3.63) is 77.6 Å². The molecule has 0 bridgehead atoms. The molecule has 2 aromatic heterocycles. The Morgan fingerprint density at radius 2 is 1.74 bits per heavy atom. The van der Waals surface area contributed by atoms with Gasteiger partial charge in [-0.15, -0.1) is 0 Å². The van der Waals surface area contributed by atoms with Crippen LogP contribution in [0.2, 0.25) is 0 Å². The number of hydrogen-bond donors (Lipinski definition) is 2. The van der Waals surface area contributed by atoms with Crippen molar-refractivity contribution in [3.63, 3.8) is 0 Å². The van der Waals surface area contributed by atoms with Crippen molar-refractivity contribution in [2.45, 2.75) is 32.9 Å². The third-order valence-corrected chi connectivity index (χ3v) is 7.86. The van der Waals surface area contributed by atoms with Crippen molar-refractivity contribution >= 4 is 34.8 Å². The average Bonchev–Trinajstić information content (AvgIpc) is 3.04. The van der Waals surface area contributed by atoms with Crippen LogP contribution in [-0.4, -0.2) is 77.2 Å². The molecule has 10 nitrogen and oxygen atoms in total. The lowest BCUT2D eigenvalue weighted by atomic mass is 9.98. The largest absolute Gasteiger partial charge is 0.413 e. The van der Waals surface area contributed by atoms with Gasteiger partial charge in [0.05, 0.1) is 25.3 Å². The lowest BCUT2D eigenvalue weighted by Gasteiger charge is -2.30. The van der Waals surface area contributed by atoms with E-state index < -0.39 is 23.6 Å². The van der Waals surface area contributed by atoms with Gasteiger partial charge in [-0.3, -0.25) is 9.59 Å². The fraction of sp³-hybridized carbons (Fsp3) is 0.364. The maximum Gasteiger partial charge on any atom is 0.413 e. The van der Waals surface area contributed by atoms with Gasteiger partial charge in [-0.1, -0.05) is 32.1 Å². The number of pyridine rings is 1. The number of alkyl halides is 3. The number of hydrogen-bond acceptors (Lipinski definition) is 8. The molecular formula is C33H36F3N7O3. The molecule has 3 aromatic rings. The number of benzene rings is 1. The summed E-state index contributed by atoms with van der Waals surface area (Å²) in [6, 6.07) is 10.6. The van der Waals surface area contributed by atoms with E-state index in [9.17, 15) is 22.8 Å². The highest BCUT2D eigenvalue weighted by molar-refractivity contribution is 6.00. The number of nitrogens with two attached hydrogens (primary N) is 1. The molecular weight excluding hydrogens is 599 g/mol. The van der Waals surface area contributed by atoms with Gasteiger partial charge in [0, 0.05) is 61.5 Å². The lowest BCUT2D eigenvalue weighted by Crippen LogP contribution is -2.37. The van der Waals surface area contributed by atoms with Gasteiger partial charge in [0.25, 0.3) is 0 Å². The van der Waals surface area contributed by atoms with Crippen molar-refractivity contribution in [1.29, 1.82) is 0 Å². The summed E-state index contributed by atoms with van der Waals surface area (Å²) < 4.78 is 45.1. The molecule has 0 radical (unpaired) electrons. The zero-order valence-electron chi connectivity index (χ0n) is 25.7. The minimum Gasteiger partial charge on any atom is -0.378 e. The SMILES string of the molecule is CC(C)/C(=C\C(=O)Nc1ccc(CC(=O)N2CC=C(c3cc(-c4cnc(N)nc4)nc(N4CCOCC4)c3)CC2)cc1)C(F)(F)F. The molecule has 0 saturated carbocycles. The molecule has 4 heterocycles. The van der Waals surface area contributed by atoms with Crippen molar-refractivity contribution in [2.24, 2.45) is 5.92 Å². The molecule has 1 saturated heterocycles. The van der Waals surface area contributed by atoms with Crippen LogP contribution in [0.4, 0.5) is 30.6 Å². The molecule has 242 valence electrons. The molecule has 0 unspecified atom stereocenters. The Kier molecular flexibility index (Phi) is 10.0. The maximum absolute atomic E-state index is 13.2. The number of morpholine rings is 1. The molecule has 0 spiro atoms. The van der Waals surface area contributed by atoms with Gasteiger partial charge in [-0.05, 0) is 53.3 Å². The summed E-state index contributed by atoms with van der Waals surface area (Å²) in [5.41, 5.74) is 9.46. The molecule has 46 heavy (non-hydrogen) atoms. The molecule has 2 aliphatic rings. The predicted octanol–water partition coefficient (Wildman–Crippen LogP) is 4.90. The van der Waals surface area contributed by atoms with Crippen LogP contribution in [0.1, 0.15) is 31.4 Å². The fourth-order valence-corrected chi connectivity index (χ4v) is 5.32. The Hall–Kier alpha value is -4.78. The second-order valence-corrected chi connectivity index (χ2v) is 11.5. The first-order chi connectivity index (χ1) is 22.0. The van der Waals surface area contributed by atoms with E-state index in [0.717, 1.165) is 46.9 Å². The highest BCUT2D eigenvalue weighted by Gasteiger charge is 2.36. The number of amides is 2. The fourth-order valence-electron chi connectivity index (χ4n) is 5.32. The van der Waals surface area contributed by atoms with Crippen LogP contribution in [0.25, 0.3) is 16.8 Å². The number of aromatic nitrogens is 3. The van der Waals surface area contributed by atoms with E-state index >= 15 is 0 Å². The number of nitrogens with zero attached hydrogens (tertiary/aromatic N) is 5. The summed E-state index contributed by atoms with van der Waals surface area (Å²) in [4.78, 5) is 42.4. The topological polar surface area (TPSA) is 127 Å². The van der Waals surface area contributed by atoms with Crippen LogP contribution in [-0.2, 0) is 20.7 Å². The van der Waals surface area contributed by atoms with Crippen LogP contribution < -0.4 is 16.0 Å². The number of nitrogens with one attached hydrogen (secondary N) is 1. The Morgan fingerprint density at radius 1 is 1.04 bits per heavy atom. The zero-order chi connectivity index (χ0) is 32.8. The van der Waals surface area contributed by atoms with Gasteiger partial charge < -0.3 is 25.6 Å². The molecule has 13 heteroatoms. The summed E-state index contributed by atoms with van der Waals surface area (Å²) in [5.74, 6) is -0.734. The van der Waals surface area contributed by atoms with E-state index in [1.165, 1.54) is 13.8 Å². The summed E-state index contributed by atoms with van der Waals surface area (Å²) in [5, 5.41) is 2.46. The Labute approximate surface area is 265 Å². The van der Waals surface area contributed by atoms with Crippen molar-refractivity contribution in [3.8, 4) is 11.3 Å². The first-order valence-corrected chi connectivity index (χ1v) is 15.0. The maximum atomic E-state index is 13.2. The summed E-state index contributed by atoms with van der Waals surface area (Å²) >= 11 is 0. The van der Waals surface area contributed by atoms with Crippen molar-refractivity contribution in [2.75, 3.05) is 55.3 Å². The first kappa shape index (κ1) is 32.6. The van der Waals surface area contributed by atoms with Gasteiger partial charge >= 0.3 is 6.18 Å². The normalized spacial score (nSPS) is 16.0. The Morgan fingerprint density at radius 3 is 2.35 bits per heavy atom. The monoisotopic (exact) mass is 635 g/mol. The van der Waals surface area contributed by atoms with E-state index in [0.29, 0.717) is 44.5 Å². The molecule has 3 N–H and O–H groups in total. The van der Waals surface area contributed by atoms with Crippen molar-refractivity contribution < 1.29 is 27.5 Å². The van der Waals surface area contributed by atoms with E-state index in [2.05, 4.69) is 32.3 Å². The van der Waals surface area contributed by atoms with Crippen LogP contribution in [0.15, 0.2) is 66.5 Å².